The smallest absolute Gasteiger partial charge is 0.224 e. The molecule has 1 aliphatic heterocycles. The van der Waals surface area contributed by atoms with Crippen LogP contribution in [0.1, 0.15) is 19.8 Å². The highest BCUT2D eigenvalue weighted by Crippen LogP contribution is 2.20. The minimum Gasteiger partial charge on any atom is -0.339 e. The van der Waals surface area contributed by atoms with Gasteiger partial charge in [0.05, 0.1) is 10.7 Å². The number of benzene rings is 1. The molecule has 124 valence electrons. The third-order valence-electron chi connectivity index (χ3n) is 3.79. The summed E-state index contributed by atoms with van der Waals surface area (Å²) < 4.78 is 0. The molecule has 1 N–H and O–H groups in total. The average Bonchev–Trinajstić information content (AvgIpc) is 2.55. The first-order valence-electron chi connectivity index (χ1n) is 7.55. The van der Waals surface area contributed by atoms with E-state index >= 15 is 0 Å². The number of nitrogens with zero attached hydrogens (tertiary/aromatic N) is 2. The molecule has 1 fully saturated rings. The molecule has 0 aromatic heterocycles. The van der Waals surface area contributed by atoms with Crippen molar-refractivity contribution >= 4 is 35.0 Å². The van der Waals surface area contributed by atoms with Gasteiger partial charge in [-0.15, -0.1) is 0 Å². The van der Waals surface area contributed by atoms with E-state index in [-0.39, 0.29) is 30.6 Å². The molecule has 0 aliphatic carbocycles. The number of carbonyl (C=O) groups is 3. The van der Waals surface area contributed by atoms with Gasteiger partial charge in [0.2, 0.25) is 17.7 Å². The van der Waals surface area contributed by atoms with Gasteiger partial charge < -0.3 is 15.1 Å². The van der Waals surface area contributed by atoms with Crippen LogP contribution in [0.4, 0.5) is 5.69 Å². The van der Waals surface area contributed by atoms with Crippen molar-refractivity contribution in [1.29, 1.82) is 0 Å². The first-order valence-corrected chi connectivity index (χ1v) is 7.93. The van der Waals surface area contributed by atoms with Gasteiger partial charge in [-0.1, -0.05) is 23.7 Å². The molecule has 2 rings (SSSR count). The van der Waals surface area contributed by atoms with E-state index < -0.39 is 0 Å². The minimum atomic E-state index is -0.242. The lowest BCUT2D eigenvalue weighted by molar-refractivity contribution is -0.138. The second-order valence-corrected chi connectivity index (χ2v) is 5.82. The second-order valence-electron chi connectivity index (χ2n) is 5.41. The van der Waals surface area contributed by atoms with Gasteiger partial charge in [0.25, 0.3) is 0 Å². The normalized spacial score (nSPS) is 14.5. The first kappa shape index (κ1) is 17.3. The topological polar surface area (TPSA) is 69.7 Å². The molecule has 0 radical (unpaired) electrons. The van der Waals surface area contributed by atoms with Crippen molar-refractivity contribution in [2.24, 2.45) is 0 Å². The number of halogens is 1. The van der Waals surface area contributed by atoms with Gasteiger partial charge in [0, 0.05) is 45.9 Å². The third kappa shape index (κ3) is 4.96. The fourth-order valence-corrected chi connectivity index (χ4v) is 2.61. The Morgan fingerprint density at radius 3 is 2.26 bits per heavy atom. The summed E-state index contributed by atoms with van der Waals surface area (Å²) in [7, 11) is 0. The summed E-state index contributed by atoms with van der Waals surface area (Å²) in [5.74, 6) is -0.285. The molecule has 0 atom stereocenters. The first-order chi connectivity index (χ1) is 11.0. The number of para-hydroxylation sites is 1. The Morgan fingerprint density at radius 1 is 1.04 bits per heavy atom. The molecule has 0 saturated carbocycles. The number of piperazine rings is 1. The van der Waals surface area contributed by atoms with Crippen LogP contribution in [0.3, 0.4) is 0 Å². The molecule has 1 heterocycles. The maximum absolute atomic E-state index is 12.1. The van der Waals surface area contributed by atoms with E-state index in [0.29, 0.717) is 36.9 Å². The van der Waals surface area contributed by atoms with Crippen LogP contribution < -0.4 is 5.32 Å². The summed E-state index contributed by atoms with van der Waals surface area (Å²) in [6, 6.07) is 6.96. The third-order valence-corrected chi connectivity index (χ3v) is 4.12. The maximum atomic E-state index is 12.1. The van der Waals surface area contributed by atoms with E-state index in [1.807, 2.05) is 0 Å². The summed E-state index contributed by atoms with van der Waals surface area (Å²) >= 11 is 5.97. The van der Waals surface area contributed by atoms with Crippen LogP contribution in [-0.2, 0) is 14.4 Å². The van der Waals surface area contributed by atoms with E-state index in [1.54, 1.807) is 34.1 Å². The standard InChI is InChI=1S/C16H20ClN3O3/c1-12(21)19-8-10-20(11-9-19)16(23)7-6-15(22)18-14-5-3-2-4-13(14)17/h2-5H,6-11H2,1H3,(H,18,22). The van der Waals surface area contributed by atoms with E-state index in [1.165, 1.54) is 6.92 Å². The fourth-order valence-electron chi connectivity index (χ4n) is 2.42. The zero-order valence-corrected chi connectivity index (χ0v) is 13.8. The molecule has 0 unspecified atom stereocenters. The Hall–Kier alpha value is -2.08. The van der Waals surface area contributed by atoms with Crippen molar-refractivity contribution in [3.05, 3.63) is 29.3 Å². The number of amides is 3. The minimum absolute atomic E-state index is 0.0243. The summed E-state index contributed by atoms with van der Waals surface area (Å²) in [6.45, 7) is 3.66. The van der Waals surface area contributed by atoms with Crippen molar-refractivity contribution in [1.82, 2.24) is 9.80 Å². The predicted molar refractivity (Wildman–Crippen MR) is 88.1 cm³/mol. The maximum Gasteiger partial charge on any atom is 0.224 e. The predicted octanol–water partition coefficient (Wildman–Crippen LogP) is 1.75. The SMILES string of the molecule is CC(=O)N1CCN(C(=O)CCC(=O)Nc2ccccc2Cl)CC1. The monoisotopic (exact) mass is 337 g/mol. The highest BCUT2D eigenvalue weighted by molar-refractivity contribution is 6.33. The van der Waals surface area contributed by atoms with Gasteiger partial charge in [-0.05, 0) is 12.1 Å². The quantitative estimate of drug-likeness (QED) is 0.910. The van der Waals surface area contributed by atoms with Gasteiger partial charge in [0.1, 0.15) is 0 Å². The molecule has 1 aromatic carbocycles. The lowest BCUT2D eigenvalue weighted by Crippen LogP contribution is -2.50. The molecule has 0 bridgehead atoms. The fraction of sp³-hybridized carbons (Fsp3) is 0.438. The number of nitrogens with one attached hydrogen (secondary N) is 1. The van der Waals surface area contributed by atoms with Gasteiger partial charge in [-0.25, -0.2) is 0 Å². The number of carbonyl (C=O) groups excluding carboxylic acids is 3. The van der Waals surface area contributed by atoms with Crippen molar-refractivity contribution in [2.75, 3.05) is 31.5 Å². The Labute approximate surface area is 140 Å². The van der Waals surface area contributed by atoms with Gasteiger partial charge >= 0.3 is 0 Å². The number of hydrogen-bond donors (Lipinski definition) is 1. The van der Waals surface area contributed by atoms with E-state index in [2.05, 4.69) is 5.32 Å². The summed E-state index contributed by atoms with van der Waals surface area (Å²) in [6.07, 6.45) is 0.257. The molecule has 0 spiro atoms. The van der Waals surface area contributed by atoms with Crippen molar-refractivity contribution < 1.29 is 14.4 Å². The van der Waals surface area contributed by atoms with Crippen LogP contribution in [-0.4, -0.2) is 53.7 Å². The molecule has 6 nitrogen and oxygen atoms in total. The Balaban J connectivity index is 1.75. The van der Waals surface area contributed by atoms with Crippen LogP contribution in [0.25, 0.3) is 0 Å². The van der Waals surface area contributed by atoms with Crippen LogP contribution in [0.5, 0.6) is 0 Å². The van der Waals surface area contributed by atoms with E-state index in [4.69, 9.17) is 11.6 Å². The Bertz CT molecular complexity index is 598. The lowest BCUT2D eigenvalue weighted by atomic mass is 10.2. The molecule has 23 heavy (non-hydrogen) atoms. The lowest BCUT2D eigenvalue weighted by Gasteiger charge is -2.34. The largest absolute Gasteiger partial charge is 0.339 e. The Kier molecular flexibility index (Phi) is 5.98. The Morgan fingerprint density at radius 2 is 1.65 bits per heavy atom. The van der Waals surface area contributed by atoms with Gasteiger partial charge in [-0.3, -0.25) is 14.4 Å². The number of hydrogen-bond acceptors (Lipinski definition) is 3. The van der Waals surface area contributed by atoms with E-state index in [9.17, 15) is 14.4 Å². The molecule has 3 amide bonds. The van der Waals surface area contributed by atoms with E-state index in [0.717, 1.165) is 0 Å². The van der Waals surface area contributed by atoms with Crippen LogP contribution in [0, 0.1) is 0 Å². The zero-order valence-electron chi connectivity index (χ0n) is 13.0. The highest BCUT2D eigenvalue weighted by atomic mass is 35.5. The molecule has 1 aliphatic rings. The summed E-state index contributed by atoms with van der Waals surface area (Å²) in [4.78, 5) is 38.7. The molecular weight excluding hydrogens is 318 g/mol. The number of anilines is 1. The molecule has 1 saturated heterocycles. The summed E-state index contributed by atoms with van der Waals surface area (Å²) in [5, 5.41) is 3.16. The van der Waals surface area contributed by atoms with Gasteiger partial charge in [-0.2, -0.15) is 0 Å². The average molecular weight is 338 g/mol. The van der Waals surface area contributed by atoms with Crippen molar-refractivity contribution in [2.45, 2.75) is 19.8 Å². The van der Waals surface area contributed by atoms with Gasteiger partial charge in [0.15, 0.2) is 0 Å². The molecule has 7 heteroatoms. The molecule has 1 aromatic rings. The van der Waals surface area contributed by atoms with Crippen molar-refractivity contribution in [3.8, 4) is 0 Å². The highest BCUT2D eigenvalue weighted by Gasteiger charge is 2.22. The number of rotatable bonds is 4. The van der Waals surface area contributed by atoms with Crippen LogP contribution >= 0.6 is 11.6 Å². The zero-order chi connectivity index (χ0) is 16.8. The van der Waals surface area contributed by atoms with Crippen LogP contribution in [0.15, 0.2) is 24.3 Å². The summed E-state index contributed by atoms with van der Waals surface area (Å²) in [5.41, 5.74) is 0.543. The molecular formula is C16H20ClN3O3. The van der Waals surface area contributed by atoms with Crippen molar-refractivity contribution in [3.63, 3.8) is 0 Å². The van der Waals surface area contributed by atoms with Crippen LogP contribution in [0.2, 0.25) is 5.02 Å². The second kappa shape index (κ2) is 7.97.